The van der Waals surface area contributed by atoms with Gasteiger partial charge in [-0.05, 0) is 36.8 Å². The second-order valence-electron chi connectivity index (χ2n) is 4.69. The van der Waals surface area contributed by atoms with E-state index in [4.69, 9.17) is 5.84 Å². The number of carbonyl (C=O) groups is 1. The number of benzene rings is 2. The van der Waals surface area contributed by atoms with Gasteiger partial charge in [-0.25, -0.2) is 14.3 Å². The van der Waals surface area contributed by atoms with E-state index < -0.39 is 20.8 Å². The van der Waals surface area contributed by atoms with Crippen LogP contribution in [0.25, 0.3) is 0 Å². The molecule has 0 heterocycles. The maximum atomic E-state index is 12.5. The lowest BCUT2D eigenvalue weighted by Gasteiger charge is -2.08. The average molecular weight is 332 g/mol. The summed E-state index contributed by atoms with van der Waals surface area (Å²) in [6, 6.07) is 14.6. The zero-order chi connectivity index (χ0) is 16.9. The van der Waals surface area contributed by atoms with E-state index in [9.17, 15) is 13.2 Å². The van der Waals surface area contributed by atoms with Crippen molar-refractivity contribution in [3.8, 4) is 0 Å². The van der Waals surface area contributed by atoms with Crippen molar-refractivity contribution >= 4 is 26.5 Å². The molecule has 2 rings (SSSR count). The molecule has 0 fully saturated rings. The fourth-order valence-corrected chi connectivity index (χ4v) is 3.04. The first kappa shape index (κ1) is 16.7. The number of nitrogens with zero attached hydrogens (tertiary/aromatic N) is 1. The molecule has 7 nitrogen and oxygen atoms in total. The SMILES string of the molecule is Cc1cccc(N/N=C(\C(=O)NN)S(=O)(=O)c2ccccc2)c1. The molecule has 120 valence electrons. The van der Waals surface area contributed by atoms with Crippen LogP contribution in [0.4, 0.5) is 5.69 Å². The number of sulfone groups is 1. The molecule has 0 atom stereocenters. The number of hydrogen-bond donors (Lipinski definition) is 3. The summed E-state index contributed by atoms with van der Waals surface area (Å²) < 4.78 is 25.1. The van der Waals surface area contributed by atoms with Crippen LogP contribution >= 0.6 is 0 Å². The van der Waals surface area contributed by atoms with Crippen LogP contribution in [0.1, 0.15) is 5.56 Å². The topological polar surface area (TPSA) is 114 Å². The molecule has 0 saturated heterocycles. The van der Waals surface area contributed by atoms with Crippen molar-refractivity contribution in [2.24, 2.45) is 10.9 Å². The largest absolute Gasteiger partial charge is 0.297 e. The zero-order valence-corrected chi connectivity index (χ0v) is 13.2. The molecule has 0 bridgehead atoms. The molecule has 23 heavy (non-hydrogen) atoms. The van der Waals surface area contributed by atoms with Crippen molar-refractivity contribution in [1.29, 1.82) is 0 Å². The fourth-order valence-electron chi connectivity index (χ4n) is 1.84. The van der Waals surface area contributed by atoms with Crippen molar-refractivity contribution in [3.05, 3.63) is 60.2 Å². The molecule has 0 aliphatic rings. The van der Waals surface area contributed by atoms with Crippen LogP contribution in [0.5, 0.6) is 0 Å². The minimum Gasteiger partial charge on any atom is -0.288 e. The Labute approximate surface area is 134 Å². The van der Waals surface area contributed by atoms with Gasteiger partial charge in [0, 0.05) is 0 Å². The Morgan fingerprint density at radius 1 is 1.09 bits per heavy atom. The van der Waals surface area contributed by atoms with Gasteiger partial charge in [0.05, 0.1) is 10.6 Å². The molecule has 0 saturated carbocycles. The third-order valence-corrected chi connectivity index (χ3v) is 4.62. The number of hydrazine groups is 1. The summed E-state index contributed by atoms with van der Waals surface area (Å²) in [5.41, 5.74) is 5.88. The Kier molecular flexibility index (Phi) is 5.09. The summed E-state index contributed by atoms with van der Waals surface area (Å²) in [5.74, 6) is 4.06. The molecular formula is C15H16N4O3S. The van der Waals surface area contributed by atoms with E-state index in [2.05, 4.69) is 10.5 Å². The lowest BCUT2D eigenvalue weighted by atomic mass is 10.2. The summed E-state index contributed by atoms with van der Waals surface area (Å²) in [5, 5.41) is 3.03. The van der Waals surface area contributed by atoms with Gasteiger partial charge in [-0.3, -0.25) is 15.6 Å². The van der Waals surface area contributed by atoms with E-state index in [1.807, 2.05) is 13.0 Å². The van der Waals surface area contributed by atoms with Crippen LogP contribution in [0.15, 0.2) is 64.6 Å². The number of amides is 1. The standard InChI is InChI=1S/C15H16N4O3S/c1-11-6-5-7-12(10-11)18-19-15(14(20)17-16)23(21,22)13-8-3-2-4-9-13/h2-10,18H,16H2,1H3,(H,17,20)/b19-15+. The number of hydrazone groups is 1. The van der Waals surface area contributed by atoms with E-state index >= 15 is 0 Å². The molecule has 1 amide bonds. The van der Waals surface area contributed by atoms with Crippen molar-refractivity contribution in [2.45, 2.75) is 11.8 Å². The fraction of sp³-hybridized carbons (Fsp3) is 0.0667. The van der Waals surface area contributed by atoms with Crippen LogP contribution in [0.3, 0.4) is 0 Å². The first-order chi connectivity index (χ1) is 10.9. The summed E-state index contributed by atoms with van der Waals surface area (Å²) in [4.78, 5) is 11.8. The predicted octanol–water partition coefficient (Wildman–Crippen LogP) is 1.18. The third-order valence-electron chi connectivity index (χ3n) is 2.94. The van der Waals surface area contributed by atoms with Crippen LogP contribution < -0.4 is 16.7 Å². The Morgan fingerprint density at radius 2 is 1.78 bits per heavy atom. The molecule has 0 radical (unpaired) electrons. The van der Waals surface area contributed by atoms with Crippen molar-refractivity contribution in [1.82, 2.24) is 5.43 Å². The Hall–Kier alpha value is -2.71. The van der Waals surface area contributed by atoms with Gasteiger partial charge < -0.3 is 0 Å². The monoisotopic (exact) mass is 332 g/mol. The van der Waals surface area contributed by atoms with Crippen molar-refractivity contribution < 1.29 is 13.2 Å². The molecule has 0 spiro atoms. The molecule has 0 aliphatic carbocycles. The van der Waals surface area contributed by atoms with Crippen LogP contribution in [-0.4, -0.2) is 19.4 Å². The number of anilines is 1. The lowest BCUT2D eigenvalue weighted by Crippen LogP contribution is -2.40. The number of nitrogens with two attached hydrogens (primary N) is 1. The average Bonchev–Trinajstić information content (AvgIpc) is 2.55. The lowest BCUT2D eigenvalue weighted by molar-refractivity contribution is -0.114. The van der Waals surface area contributed by atoms with Crippen LogP contribution in [0.2, 0.25) is 0 Å². The van der Waals surface area contributed by atoms with Gasteiger partial charge in [-0.1, -0.05) is 30.3 Å². The normalized spacial score (nSPS) is 11.8. The van der Waals surface area contributed by atoms with Gasteiger partial charge in [-0.15, -0.1) is 0 Å². The van der Waals surface area contributed by atoms with Gasteiger partial charge in [0.2, 0.25) is 14.9 Å². The van der Waals surface area contributed by atoms with Crippen molar-refractivity contribution in [3.63, 3.8) is 0 Å². The maximum absolute atomic E-state index is 12.5. The van der Waals surface area contributed by atoms with Gasteiger partial charge in [0.1, 0.15) is 0 Å². The summed E-state index contributed by atoms with van der Waals surface area (Å²) in [7, 11) is -4.10. The molecule has 2 aromatic rings. The van der Waals surface area contributed by atoms with Gasteiger partial charge >= 0.3 is 0 Å². The minimum absolute atomic E-state index is 0.0478. The highest BCUT2D eigenvalue weighted by Gasteiger charge is 2.29. The molecule has 0 aromatic heterocycles. The van der Waals surface area contributed by atoms with Gasteiger partial charge in [0.25, 0.3) is 5.91 Å². The first-order valence-electron chi connectivity index (χ1n) is 6.66. The van der Waals surface area contributed by atoms with Crippen LogP contribution in [0, 0.1) is 6.92 Å². The summed E-state index contributed by atoms with van der Waals surface area (Å²) in [6.07, 6.45) is 0. The highest BCUT2D eigenvalue weighted by molar-refractivity contribution is 8.08. The first-order valence-corrected chi connectivity index (χ1v) is 8.15. The van der Waals surface area contributed by atoms with E-state index in [0.717, 1.165) is 5.56 Å². The highest BCUT2D eigenvalue weighted by atomic mass is 32.2. The Bertz CT molecular complexity index is 833. The Morgan fingerprint density at radius 3 is 2.39 bits per heavy atom. The number of nitrogens with one attached hydrogen (secondary N) is 2. The number of aryl methyl sites for hydroxylation is 1. The summed E-state index contributed by atoms with van der Waals surface area (Å²) in [6.45, 7) is 1.88. The number of carbonyl (C=O) groups excluding carboxylic acids is 1. The molecule has 0 aliphatic heterocycles. The second kappa shape index (κ2) is 7.03. The Balaban J connectivity index is 2.41. The van der Waals surface area contributed by atoms with Gasteiger partial charge in [-0.2, -0.15) is 5.10 Å². The second-order valence-corrected chi connectivity index (χ2v) is 6.55. The van der Waals surface area contributed by atoms with E-state index in [1.165, 1.54) is 12.1 Å². The summed E-state index contributed by atoms with van der Waals surface area (Å²) >= 11 is 0. The smallest absolute Gasteiger partial charge is 0.288 e. The molecule has 4 N–H and O–H groups in total. The molecule has 0 unspecified atom stereocenters. The zero-order valence-electron chi connectivity index (χ0n) is 12.4. The van der Waals surface area contributed by atoms with Gasteiger partial charge in [0.15, 0.2) is 0 Å². The quantitative estimate of drug-likeness (QED) is 0.257. The van der Waals surface area contributed by atoms with E-state index in [-0.39, 0.29) is 4.90 Å². The minimum atomic E-state index is -4.10. The predicted molar refractivity (Wildman–Crippen MR) is 88.2 cm³/mol. The van der Waals surface area contributed by atoms with Crippen LogP contribution in [-0.2, 0) is 14.6 Å². The number of hydrogen-bond acceptors (Lipinski definition) is 6. The van der Waals surface area contributed by atoms with Crippen molar-refractivity contribution in [2.75, 3.05) is 5.43 Å². The number of rotatable bonds is 3. The molecule has 8 heteroatoms. The highest BCUT2D eigenvalue weighted by Crippen LogP contribution is 2.14. The third kappa shape index (κ3) is 3.93. The molecule has 2 aromatic carbocycles. The van der Waals surface area contributed by atoms with E-state index in [0.29, 0.717) is 5.69 Å². The maximum Gasteiger partial charge on any atom is 0.297 e. The molecular weight excluding hydrogens is 316 g/mol. The van der Waals surface area contributed by atoms with E-state index in [1.54, 1.807) is 41.8 Å².